The molecule has 0 aliphatic carbocycles. The summed E-state index contributed by atoms with van der Waals surface area (Å²) in [5.74, 6) is 0.511. The summed E-state index contributed by atoms with van der Waals surface area (Å²) in [5, 5.41) is 1.67. The molecular weight excluding hydrogens is 264 g/mol. The molecule has 0 unspecified atom stereocenters. The van der Waals surface area contributed by atoms with Gasteiger partial charge >= 0.3 is 5.69 Å². The smallest absolute Gasteiger partial charge is 0.306 e. The molecule has 0 bridgehead atoms. The van der Waals surface area contributed by atoms with Crippen LogP contribution in [0.2, 0.25) is 0 Å². The summed E-state index contributed by atoms with van der Waals surface area (Å²) < 4.78 is 1.74. The molecule has 7 heteroatoms. The van der Waals surface area contributed by atoms with Crippen LogP contribution in [-0.2, 0) is 6.54 Å². The topological polar surface area (TPSA) is 54.9 Å². The van der Waals surface area contributed by atoms with E-state index in [1.807, 2.05) is 0 Å². The van der Waals surface area contributed by atoms with E-state index in [0.717, 1.165) is 0 Å². The molecule has 0 spiro atoms. The number of hydrogen-bond donors (Lipinski definition) is 3. The van der Waals surface area contributed by atoms with Crippen LogP contribution in [0, 0.1) is 0 Å². The van der Waals surface area contributed by atoms with Crippen LogP contribution in [0.3, 0.4) is 0 Å². The maximum absolute atomic E-state index is 12.0. The number of aromatic amines is 1. The number of thiophene rings is 1. The predicted molar refractivity (Wildman–Crippen MR) is 73.3 cm³/mol. The fourth-order valence-electron chi connectivity index (χ4n) is 1.41. The minimum atomic E-state index is -0.392. The fourth-order valence-corrected chi connectivity index (χ4v) is 2.48. The van der Waals surface area contributed by atoms with Gasteiger partial charge in [0.1, 0.15) is 4.70 Å². The Morgan fingerprint density at radius 2 is 2.25 bits per heavy atom. The Morgan fingerprint density at radius 3 is 2.94 bits per heavy atom. The van der Waals surface area contributed by atoms with Crippen molar-refractivity contribution in [3.05, 3.63) is 32.3 Å². The van der Waals surface area contributed by atoms with E-state index < -0.39 is 5.69 Å². The van der Waals surface area contributed by atoms with E-state index in [4.69, 9.17) is 0 Å². The van der Waals surface area contributed by atoms with Gasteiger partial charge < -0.3 is 4.98 Å². The van der Waals surface area contributed by atoms with Gasteiger partial charge in [0, 0.05) is 17.5 Å². The zero-order valence-corrected chi connectivity index (χ0v) is 10.8. The van der Waals surface area contributed by atoms with Gasteiger partial charge in [-0.15, -0.1) is 11.3 Å². The number of thiol groups is 2. The number of hydrogen-bond acceptors (Lipinski definition) is 5. The van der Waals surface area contributed by atoms with Crippen molar-refractivity contribution in [1.29, 1.82) is 0 Å². The standard InChI is InChI=1S/C9H10N2O2S3/c12-8-7-6(1-2-16-7)10-9(13)11(8)3-5(15)4-14/h1-2,5,14-15H,3-4H2,(H,10,13)/t5-/m1/s1. The van der Waals surface area contributed by atoms with E-state index in [1.54, 1.807) is 11.4 Å². The molecule has 4 nitrogen and oxygen atoms in total. The molecule has 0 amide bonds. The highest BCUT2D eigenvalue weighted by Gasteiger charge is 2.11. The Hall–Kier alpha value is -0.660. The predicted octanol–water partition coefficient (Wildman–Crippen LogP) is 0.979. The summed E-state index contributed by atoms with van der Waals surface area (Å²) >= 11 is 9.63. The van der Waals surface area contributed by atoms with Crippen LogP contribution in [0.15, 0.2) is 21.0 Å². The van der Waals surface area contributed by atoms with Crippen molar-refractivity contribution in [2.24, 2.45) is 0 Å². The fraction of sp³-hybridized carbons (Fsp3) is 0.333. The summed E-state index contributed by atoms with van der Waals surface area (Å²) in [6.07, 6.45) is 0. The quantitative estimate of drug-likeness (QED) is 0.731. The third-order valence-corrected chi connectivity index (χ3v) is 4.17. The molecular formula is C9H10N2O2S3. The van der Waals surface area contributed by atoms with Crippen molar-refractivity contribution in [1.82, 2.24) is 9.55 Å². The van der Waals surface area contributed by atoms with Crippen molar-refractivity contribution in [2.45, 2.75) is 11.8 Å². The number of nitrogens with one attached hydrogen (secondary N) is 1. The summed E-state index contributed by atoms with van der Waals surface area (Å²) in [4.78, 5) is 26.3. The molecule has 86 valence electrons. The molecule has 2 aromatic rings. The molecule has 0 saturated heterocycles. The van der Waals surface area contributed by atoms with Crippen LogP contribution < -0.4 is 11.2 Å². The van der Waals surface area contributed by atoms with Crippen LogP contribution in [0.1, 0.15) is 0 Å². The van der Waals surface area contributed by atoms with E-state index >= 15 is 0 Å². The SMILES string of the molecule is O=c1[nH]c2ccsc2c(=O)n1C[C@@H](S)CS. The van der Waals surface area contributed by atoms with E-state index in [0.29, 0.717) is 16.0 Å². The first-order valence-corrected chi connectivity index (χ1v) is 6.65. The van der Waals surface area contributed by atoms with Gasteiger partial charge in [0.05, 0.1) is 5.52 Å². The lowest BCUT2D eigenvalue weighted by molar-refractivity contribution is 0.640. The van der Waals surface area contributed by atoms with Gasteiger partial charge in [-0.05, 0) is 11.4 Å². The third kappa shape index (κ3) is 2.07. The summed E-state index contributed by atoms with van der Waals surface area (Å²) in [7, 11) is 0. The summed E-state index contributed by atoms with van der Waals surface area (Å²) in [6.45, 7) is 0.272. The highest BCUT2D eigenvalue weighted by molar-refractivity contribution is 7.84. The highest BCUT2D eigenvalue weighted by atomic mass is 32.1. The maximum Gasteiger partial charge on any atom is 0.328 e. The molecule has 0 radical (unpaired) electrons. The van der Waals surface area contributed by atoms with Gasteiger partial charge in [0.2, 0.25) is 0 Å². The van der Waals surface area contributed by atoms with Gasteiger partial charge in [0.25, 0.3) is 5.56 Å². The molecule has 2 rings (SSSR count). The molecule has 16 heavy (non-hydrogen) atoms. The zero-order chi connectivity index (χ0) is 11.7. The van der Waals surface area contributed by atoms with Gasteiger partial charge in [-0.1, -0.05) is 0 Å². The molecule has 0 saturated carbocycles. The van der Waals surface area contributed by atoms with Gasteiger partial charge in [-0.2, -0.15) is 25.3 Å². The lowest BCUT2D eigenvalue weighted by atomic mass is 10.4. The molecule has 0 fully saturated rings. The van der Waals surface area contributed by atoms with Crippen LogP contribution in [0.4, 0.5) is 0 Å². The van der Waals surface area contributed by atoms with Crippen molar-refractivity contribution >= 4 is 46.8 Å². The van der Waals surface area contributed by atoms with Gasteiger partial charge in [-0.3, -0.25) is 9.36 Å². The largest absolute Gasteiger partial charge is 0.328 e. The van der Waals surface area contributed by atoms with Crippen molar-refractivity contribution in [2.75, 3.05) is 5.75 Å². The minimum Gasteiger partial charge on any atom is -0.306 e. The zero-order valence-electron chi connectivity index (χ0n) is 8.21. The van der Waals surface area contributed by atoms with Crippen LogP contribution in [0.25, 0.3) is 10.2 Å². The summed E-state index contributed by atoms with van der Waals surface area (Å²) in [5.41, 5.74) is -0.0517. The first kappa shape index (κ1) is 11.8. The average Bonchev–Trinajstić information content (AvgIpc) is 2.71. The van der Waals surface area contributed by atoms with Crippen LogP contribution >= 0.6 is 36.6 Å². The monoisotopic (exact) mass is 274 g/mol. The van der Waals surface area contributed by atoms with Crippen molar-refractivity contribution in [3.63, 3.8) is 0 Å². The van der Waals surface area contributed by atoms with E-state index in [-0.39, 0.29) is 17.4 Å². The Balaban J connectivity index is 2.60. The Kier molecular flexibility index (Phi) is 3.46. The van der Waals surface area contributed by atoms with Crippen molar-refractivity contribution < 1.29 is 0 Å². The van der Waals surface area contributed by atoms with Crippen molar-refractivity contribution in [3.8, 4) is 0 Å². The average molecular weight is 274 g/mol. The van der Waals surface area contributed by atoms with E-state index in [9.17, 15) is 9.59 Å². The molecule has 1 N–H and O–H groups in total. The first-order valence-electron chi connectivity index (χ1n) is 4.62. The second-order valence-corrected chi connectivity index (χ2v) is 5.36. The lowest BCUT2D eigenvalue weighted by Crippen LogP contribution is -2.37. The Bertz CT molecular complexity index is 613. The Morgan fingerprint density at radius 1 is 1.50 bits per heavy atom. The number of aromatic nitrogens is 2. The number of fused-ring (bicyclic) bond motifs is 1. The second-order valence-electron chi connectivity index (χ2n) is 3.35. The number of rotatable bonds is 3. The normalized spacial score (nSPS) is 13.1. The highest BCUT2D eigenvalue weighted by Crippen LogP contribution is 2.12. The summed E-state index contributed by atoms with van der Waals surface area (Å²) in [6, 6.07) is 1.73. The van der Waals surface area contributed by atoms with E-state index in [2.05, 4.69) is 30.2 Å². The molecule has 0 aromatic carbocycles. The first-order chi connectivity index (χ1) is 7.63. The second kappa shape index (κ2) is 4.68. The molecule has 0 aliphatic rings. The molecule has 2 heterocycles. The van der Waals surface area contributed by atoms with Gasteiger partial charge in [-0.25, -0.2) is 4.79 Å². The van der Waals surface area contributed by atoms with Gasteiger partial charge in [0.15, 0.2) is 0 Å². The molecule has 2 aromatic heterocycles. The Labute approximate surface area is 106 Å². The van der Waals surface area contributed by atoms with Crippen LogP contribution in [-0.4, -0.2) is 20.6 Å². The number of nitrogens with zero attached hydrogens (tertiary/aromatic N) is 1. The molecule has 0 aliphatic heterocycles. The number of H-pyrrole nitrogens is 1. The lowest BCUT2D eigenvalue weighted by Gasteiger charge is -2.08. The maximum atomic E-state index is 12.0. The third-order valence-electron chi connectivity index (χ3n) is 2.20. The minimum absolute atomic E-state index is 0.112. The van der Waals surface area contributed by atoms with E-state index in [1.165, 1.54) is 15.9 Å². The van der Waals surface area contributed by atoms with Crippen LogP contribution in [0.5, 0.6) is 0 Å². The molecule has 1 atom stereocenters.